The van der Waals surface area contributed by atoms with Gasteiger partial charge in [0.15, 0.2) is 10.1 Å². The van der Waals surface area contributed by atoms with Crippen LogP contribution in [0.15, 0.2) is 42.5 Å². The SMILES string of the molecule is O=S(=O)([O-])C(F)(F)C(Oc1ccc2ccccc2c1)C(F)(F)F. The van der Waals surface area contributed by atoms with Crippen LogP contribution < -0.4 is 4.74 Å². The summed E-state index contributed by atoms with van der Waals surface area (Å²) in [6.45, 7) is 0. The van der Waals surface area contributed by atoms with Gasteiger partial charge in [0.2, 0.25) is 0 Å². The molecule has 10 heteroatoms. The number of alkyl halides is 5. The Labute approximate surface area is 127 Å². The summed E-state index contributed by atoms with van der Waals surface area (Å²) in [5, 5.41) is -4.68. The van der Waals surface area contributed by atoms with E-state index in [2.05, 4.69) is 4.74 Å². The summed E-state index contributed by atoms with van der Waals surface area (Å²) < 4.78 is 100. The molecule has 0 aromatic heterocycles. The third-order valence-corrected chi connectivity index (χ3v) is 3.79. The van der Waals surface area contributed by atoms with Crippen molar-refractivity contribution in [3.63, 3.8) is 0 Å². The number of hydrogen-bond donors (Lipinski definition) is 0. The molecule has 0 bridgehead atoms. The van der Waals surface area contributed by atoms with Crippen LogP contribution in [0.2, 0.25) is 0 Å². The highest BCUT2D eigenvalue weighted by Crippen LogP contribution is 2.38. The van der Waals surface area contributed by atoms with Crippen molar-refractivity contribution < 1.29 is 39.7 Å². The lowest BCUT2D eigenvalue weighted by molar-refractivity contribution is -0.239. The summed E-state index contributed by atoms with van der Waals surface area (Å²) in [4.78, 5) is 0. The van der Waals surface area contributed by atoms with Crippen molar-refractivity contribution in [1.82, 2.24) is 0 Å². The molecule has 23 heavy (non-hydrogen) atoms. The summed E-state index contributed by atoms with van der Waals surface area (Å²) in [7, 11) is -6.58. The maximum absolute atomic E-state index is 13.3. The Balaban J connectivity index is 2.45. The first kappa shape index (κ1) is 17.4. The smallest absolute Gasteiger partial charge is 0.432 e. The van der Waals surface area contributed by atoms with Crippen LogP contribution in [-0.2, 0) is 10.1 Å². The first-order valence-corrected chi connectivity index (χ1v) is 7.39. The van der Waals surface area contributed by atoms with Gasteiger partial charge >= 0.3 is 11.4 Å². The number of hydrogen-bond acceptors (Lipinski definition) is 4. The van der Waals surface area contributed by atoms with E-state index < -0.39 is 33.4 Å². The minimum Gasteiger partial charge on any atom is -0.743 e. The van der Waals surface area contributed by atoms with E-state index in [1.807, 2.05) is 0 Å². The molecular weight excluding hydrogens is 347 g/mol. The van der Waals surface area contributed by atoms with Gasteiger partial charge in [-0.25, -0.2) is 8.42 Å². The highest BCUT2D eigenvalue weighted by atomic mass is 32.2. The van der Waals surface area contributed by atoms with E-state index in [-0.39, 0.29) is 0 Å². The van der Waals surface area contributed by atoms with Crippen LogP contribution >= 0.6 is 0 Å². The van der Waals surface area contributed by atoms with Crippen molar-refractivity contribution in [2.24, 2.45) is 0 Å². The predicted molar refractivity (Wildman–Crippen MR) is 69.1 cm³/mol. The lowest BCUT2D eigenvalue weighted by Gasteiger charge is -2.30. The monoisotopic (exact) mass is 355 g/mol. The van der Waals surface area contributed by atoms with Crippen LogP contribution in [0.25, 0.3) is 10.8 Å². The highest BCUT2D eigenvalue weighted by molar-refractivity contribution is 7.86. The fourth-order valence-electron chi connectivity index (χ4n) is 1.83. The molecule has 0 aliphatic rings. The molecule has 0 amide bonds. The second-order valence-electron chi connectivity index (χ2n) is 4.56. The summed E-state index contributed by atoms with van der Waals surface area (Å²) in [5.41, 5.74) is 0. The minimum atomic E-state index is -6.58. The van der Waals surface area contributed by atoms with E-state index >= 15 is 0 Å². The molecule has 0 saturated heterocycles. The molecule has 2 aromatic rings. The van der Waals surface area contributed by atoms with Gasteiger partial charge in [-0.05, 0) is 22.9 Å². The second kappa shape index (κ2) is 5.60. The van der Waals surface area contributed by atoms with Gasteiger partial charge in [0, 0.05) is 0 Å². The molecule has 126 valence electrons. The van der Waals surface area contributed by atoms with Crippen molar-refractivity contribution in [3.8, 4) is 5.75 Å². The molecule has 0 fully saturated rings. The summed E-state index contributed by atoms with van der Waals surface area (Å²) in [5.74, 6) is -0.644. The number of fused-ring (bicyclic) bond motifs is 1. The molecule has 4 nitrogen and oxygen atoms in total. The third kappa shape index (κ3) is 3.53. The van der Waals surface area contributed by atoms with Crippen LogP contribution in [0.5, 0.6) is 5.75 Å². The fourth-order valence-corrected chi connectivity index (χ4v) is 2.28. The van der Waals surface area contributed by atoms with Gasteiger partial charge in [-0.3, -0.25) is 0 Å². The van der Waals surface area contributed by atoms with E-state index in [0.29, 0.717) is 10.8 Å². The Morgan fingerprint density at radius 1 is 0.957 bits per heavy atom. The zero-order valence-corrected chi connectivity index (χ0v) is 11.9. The second-order valence-corrected chi connectivity index (χ2v) is 6.02. The molecule has 0 aliphatic carbocycles. The summed E-state index contributed by atoms with van der Waals surface area (Å²) in [6, 6.07) is 9.63. The van der Waals surface area contributed by atoms with Gasteiger partial charge in [-0.15, -0.1) is 0 Å². The molecular formula is C13H8F5O4S-. The van der Waals surface area contributed by atoms with Gasteiger partial charge in [-0.2, -0.15) is 22.0 Å². The Kier molecular flexibility index (Phi) is 4.24. The Bertz CT molecular complexity index is 816. The molecule has 1 atom stereocenters. The Morgan fingerprint density at radius 3 is 2.04 bits per heavy atom. The van der Waals surface area contributed by atoms with Gasteiger partial charge in [0.05, 0.1) is 0 Å². The zero-order chi connectivity index (χ0) is 17.5. The standard InChI is InChI=1S/C13H9F5O4S/c14-12(15,16)11(13(17,18)23(19,20)21)22-10-6-5-8-3-1-2-4-9(8)7-10/h1-7,11H,(H,19,20,21)/p-1. The Hall–Kier alpha value is -1.94. The fraction of sp³-hybridized carbons (Fsp3) is 0.231. The molecule has 1 unspecified atom stereocenters. The van der Waals surface area contributed by atoms with Crippen LogP contribution in [0.3, 0.4) is 0 Å². The third-order valence-electron chi connectivity index (χ3n) is 2.91. The van der Waals surface area contributed by atoms with E-state index in [9.17, 15) is 34.9 Å². The highest BCUT2D eigenvalue weighted by Gasteiger charge is 2.62. The molecule has 2 rings (SSSR count). The van der Waals surface area contributed by atoms with Crippen LogP contribution in [0.1, 0.15) is 0 Å². The van der Waals surface area contributed by atoms with Crippen molar-refractivity contribution in [2.45, 2.75) is 17.5 Å². The van der Waals surface area contributed by atoms with Crippen LogP contribution in [0, 0.1) is 0 Å². The van der Waals surface area contributed by atoms with Crippen molar-refractivity contribution in [2.75, 3.05) is 0 Å². The number of halogens is 5. The Morgan fingerprint density at radius 2 is 1.52 bits per heavy atom. The summed E-state index contributed by atoms with van der Waals surface area (Å²) in [6.07, 6.45) is -9.88. The normalized spacial score (nSPS) is 14.7. The molecule has 0 aliphatic heterocycles. The first-order chi connectivity index (χ1) is 10.4. The molecule has 2 aromatic carbocycles. The first-order valence-electron chi connectivity index (χ1n) is 5.98. The van der Waals surface area contributed by atoms with Crippen molar-refractivity contribution in [1.29, 1.82) is 0 Å². The molecule has 0 N–H and O–H groups in total. The summed E-state index contributed by atoms with van der Waals surface area (Å²) >= 11 is 0. The average molecular weight is 355 g/mol. The zero-order valence-electron chi connectivity index (χ0n) is 11.0. The van der Waals surface area contributed by atoms with Crippen molar-refractivity contribution in [3.05, 3.63) is 42.5 Å². The van der Waals surface area contributed by atoms with Gasteiger partial charge in [0.25, 0.3) is 6.10 Å². The van der Waals surface area contributed by atoms with E-state index in [1.54, 1.807) is 18.2 Å². The van der Waals surface area contributed by atoms with Crippen LogP contribution in [-0.4, -0.2) is 30.5 Å². The van der Waals surface area contributed by atoms with Gasteiger partial charge in [-0.1, -0.05) is 30.3 Å². The lowest BCUT2D eigenvalue weighted by Crippen LogP contribution is -2.53. The number of ether oxygens (including phenoxy) is 1. The maximum Gasteiger partial charge on any atom is 0.432 e. The number of rotatable bonds is 4. The predicted octanol–water partition coefficient (Wildman–Crippen LogP) is 3.29. The van der Waals surface area contributed by atoms with E-state index in [4.69, 9.17) is 0 Å². The van der Waals surface area contributed by atoms with Gasteiger partial charge in [0.1, 0.15) is 5.75 Å². The van der Waals surface area contributed by atoms with Crippen molar-refractivity contribution >= 4 is 20.9 Å². The quantitative estimate of drug-likeness (QED) is 0.624. The minimum absolute atomic E-state index is 0.388. The topological polar surface area (TPSA) is 66.4 Å². The largest absolute Gasteiger partial charge is 0.743 e. The van der Waals surface area contributed by atoms with Crippen LogP contribution in [0.4, 0.5) is 22.0 Å². The molecule has 0 saturated carbocycles. The molecule has 0 heterocycles. The van der Waals surface area contributed by atoms with E-state index in [1.165, 1.54) is 12.1 Å². The average Bonchev–Trinajstić information content (AvgIpc) is 2.42. The lowest BCUT2D eigenvalue weighted by atomic mass is 10.1. The number of benzene rings is 2. The molecule has 0 spiro atoms. The van der Waals surface area contributed by atoms with E-state index in [0.717, 1.165) is 12.1 Å². The molecule has 0 radical (unpaired) electrons. The van der Waals surface area contributed by atoms with Gasteiger partial charge < -0.3 is 9.29 Å². The maximum atomic E-state index is 13.3.